The lowest BCUT2D eigenvalue weighted by atomic mass is 10.3. The first-order chi connectivity index (χ1) is 12.1. The molecule has 0 aliphatic carbocycles. The fraction of sp³-hybridized carbons (Fsp3) is 0.706. The van der Waals surface area contributed by atoms with E-state index in [2.05, 4.69) is 51.0 Å². The second-order valence-corrected chi connectivity index (χ2v) is 6.62. The molecule has 0 bridgehead atoms. The van der Waals surface area contributed by atoms with Gasteiger partial charge in [-0.3, -0.25) is 4.68 Å². The minimum absolute atomic E-state index is 0.692. The van der Waals surface area contributed by atoms with Crippen molar-refractivity contribution in [2.24, 2.45) is 7.05 Å². The largest absolute Gasteiger partial charge is 0.353 e. The summed E-state index contributed by atoms with van der Waals surface area (Å²) in [6.45, 7) is 12.4. The van der Waals surface area contributed by atoms with E-state index in [0.29, 0.717) is 5.95 Å². The normalized spacial score (nSPS) is 16.1. The van der Waals surface area contributed by atoms with Gasteiger partial charge < -0.3 is 20.0 Å². The van der Waals surface area contributed by atoms with Crippen molar-refractivity contribution in [1.82, 2.24) is 29.5 Å². The van der Waals surface area contributed by atoms with Crippen molar-refractivity contribution in [2.75, 3.05) is 69.6 Å². The van der Waals surface area contributed by atoms with Crippen LogP contribution in [0.5, 0.6) is 0 Å². The molecule has 0 aromatic carbocycles. The lowest BCUT2D eigenvalue weighted by Crippen LogP contribution is -2.45. The summed E-state index contributed by atoms with van der Waals surface area (Å²) in [5, 5.41) is 8.81. The summed E-state index contributed by atoms with van der Waals surface area (Å²) in [6, 6.07) is 0. The molecule has 0 saturated carbocycles. The van der Waals surface area contributed by atoms with Crippen molar-refractivity contribution < 1.29 is 0 Å². The first kappa shape index (κ1) is 17.9. The molecule has 3 rings (SSSR count). The predicted molar refractivity (Wildman–Crippen MR) is 102 cm³/mol. The molecule has 1 aliphatic rings. The van der Waals surface area contributed by atoms with E-state index in [1.165, 1.54) is 0 Å². The molecule has 0 radical (unpaired) electrons. The van der Waals surface area contributed by atoms with E-state index in [9.17, 15) is 0 Å². The molecule has 1 aliphatic heterocycles. The molecule has 25 heavy (non-hydrogen) atoms. The Bertz CT molecular complexity index is 685. The fourth-order valence-electron chi connectivity index (χ4n) is 3.21. The Labute approximate surface area is 149 Å². The lowest BCUT2D eigenvalue weighted by Gasteiger charge is -2.33. The number of rotatable bonds is 7. The van der Waals surface area contributed by atoms with Crippen molar-refractivity contribution >= 4 is 22.8 Å². The van der Waals surface area contributed by atoms with Crippen molar-refractivity contribution in [1.29, 1.82) is 0 Å². The van der Waals surface area contributed by atoms with Crippen LogP contribution in [0.1, 0.15) is 13.8 Å². The highest BCUT2D eigenvalue weighted by Gasteiger charge is 2.20. The quantitative estimate of drug-likeness (QED) is 0.798. The predicted octanol–water partition coefficient (Wildman–Crippen LogP) is 0.869. The van der Waals surface area contributed by atoms with Gasteiger partial charge >= 0.3 is 0 Å². The van der Waals surface area contributed by atoms with E-state index in [1.54, 1.807) is 0 Å². The maximum Gasteiger partial charge on any atom is 0.226 e. The summed E-state index contributed by atoms with van der Waals surface area (Å²) >= 11 is 0. The fourth-order valence-corrected chi connectivity index (χ4v) is 3.21. The highest BCUT2D eigenvalue weighted by molar-refractivity contribution is 5.88. The number of nitrogens with one attached hydrogen (secondary N) is 1. The molecule has 138 valence electrons. The average molecular weight is 346 g/mol. The van der Waals surface area contributed by atoms with Crippen LogP contribution >= 0.6 is 0 Å². The zero-order valence-corrected chi connectivity index (χ0v) is 15.9. The molecule has 8 nitrogen and oxygen atoms in total. The number of aromatic nitrogens is 4. The lowest BCUT2D eigenvalue weighted by molar-refractivity contribution is 0.312. The van der Waals surface area contributed by atoms with Crippen molar-refractivity contribution in [3.63, 3.8) is 0 Å². The van der Waals surface area contributed by atoms with Gasteiger partial charge in [-0.15, -0.1) is 0 Å². The van der Waals surface area contributed by atoms with Crippen LogP contribution in [0, 0.1) is 0 Å². The Morgan fingerprint density at radius 1 is 1.08 bits per heavy atom. The molecule has 1 N–H and O–H groups in total. The van der Waals surface area contributed by atoms with Crippen molar-refractivity contribution in [3.05, 3.63) is 6.20 Å². The van der Waals surface area contributed by atoms with Crippen LogP contribution < -0.4 is 10.2 Å². The Kier molecular flexibility index (Phi) is 5.70. The van der Waals surface area contributed by atoms with E-state index >= 15 is 0 Å². The van der Waals surface area contributed by atoms with Gasteiger partial charge in [0.15, 0.2) is 5.65 Å². The standard InChI is InChI=1S/C17H30N8/c1-5-24(6-2)8-7-18-17-20-15-14(13-19-23(15)4)16(21-17)25-11-9-22(3)10-12-25/h13H,5-12H2,1-4H3,(H,18,20,21). The summed E-state index contributed by atoms with van der Waals surface area (Å²) in [6.07, 6.45) is 1.88. The molecule has 1 saturated heterocycles. The molecular formula is C17H30N8. The third-order valence-corrected chi connectivity index (χ3v) is 4.98. The van der Waals surface area contributed by atoms with Crippen molar-refractivity contribution in [3.8, 4) is 0 Å². The van der Waals surface area contributed by atoms with Gasteiger partial charge in [0.25, 0.3) is 0 Å². The van der Waals surface area contributed by atoms with Crippen LogP contribution in [0.2, 0.25) is 0 Å². The minimum Gasteiger partial charge on any atom is -0.353 e. The van der Waals surface area contributed by atoms with Gasteiger partial charge in [-0.25, -0.2) is 0 Å². The third kappa shape index (κ3) is 4.01. The van der Waals surface area contributed by atoms with Gasteiger partial charge in [0.05, 0.1) is 11.6 Å². The average Bonchev–Trinajstić information content (AvgIpc) is 3.00. The molecule has 1 fully saturated rings. The highest BCUT2D eigenvalue weighted by Crippen LogP contribution is 2.25. The number of hydrogen-bond acceptors (Lipinski definition) is 7. The topological polar surface area (TPSA) is 65.3 Å². The Morgan fingerprint density at radius 2 is 1.80 bits per heavy atom. The van der Waals surface area contributed by atoms with Crippen LogP contribution in [0.15, 0.2) is 6.20 Å². The number of fused-ring (bicyclic) bond motifs is 1. The minimum atomic E-state index is 0.692. The molecule has 2 aromatic heterocycles. The molecular weight excluding hydrogens is 316 g/mol. The van der Waals surface area contributed by atoms with Crippen LogP contribution in [-0.4, -0.2) is 89.0 Å². The van der Waals surface area contributed by atoms with E-state index in [0.717, 1.165) is 69.2 Å². The number of anilines is 2. The van der Waals surface area contributed by atoms with E-state index < -0.39 is 0 Å². The first-order valence-corrected chi connectivity index (χ1v) is 9.21. The second-order valence-electron chi connectivity index (χ2n) is 6.62. The van der Waals surface area contributed by atoms with Crippen LogP contribution in [-0.2, 0) is 7.05 Å². The van der Waals surface area contributed by atoms with Crippen LogP contribution in [0.3, 0.4) is 0 Å². The van der Waals surface area contributed by atoms with Gasteiger partial charge in [0, 0.05) is 46.3 Å². The van der Waals surface area contributed by atoms with Crippen LogP contribution in [0.4, 0.5) is 11.8 Å². The van der Waals surface area contributed by atoms with E-state index in [-0.39, 0.29) is 0 Å². The Morgan fingerprint density at radius 3 is 2.48 bits per heavy atom. The third-order valence-electron chi connectivity index (χ3n) is 4.98. The Balaban J connectivity index is 1.80. The van der Waals surface area contributed by atoms with Crippen LogP contribution in [0.25, 0.3) is 11.0 Å². The zero-order valence-electron chi connectivity index (χ0n) is 15.9. The molecule has 0 atom stereocenters. The molecule has 8 heteroatoms. The monoisotopic (exact) mass is 346 g/mol. The van der Waals surface area contributed by atoms with E-state index in [4.69, 9.17) is 4.98 Å². The first-order valence-electron chi connectivity index (χ1n) is 9.21. The molecule has 0 amide bonds. The van der Waals surface area contributed by atoms with Gasteiger partial charge in [-0.2, -0.15) is 15.1 Å². The number of aryl methyl sites for hydroxylation is 1. The summed E-state index contributed by atoms with van der Waals surface area (Å²) < 4.78 is 1.83. The van der Waals surface area contributed by atoms with E-state index in [1.807, 2.05) is 17.9 Å². The van der Waals surface area contributed by atoms with Crippen molar-refractivity contribution in [2.45, 2.75) is 13.8 Å². The number of nitrogens with zero attached hydrogens (tertiary/aromatic N) is 7. The molecule has 0 unspecified atom stereocenters. The molecule has 0 spiro atoms. The summed E-state index contributed by atoms with van der Waals surface area (Å²) in [5.74, 6) is 1.69. The number of piperazine rings is 1. The zero-order chi connectivity index (χ0) is 17.8. The van der Waals surface area contributed by atoms with Gasteiger partial charge in [0.1, 0.15) is 5.82 Å². The second kappa shape index (κ2) is 7.97. The maximum atomic E-state index is 4.82. The number of likely N-dealkylation sites (N-methyl/N-ethyl adjacent to an activating group) is 2. The Hall–Kier alpha value is -1.93. The highest BCUT2D eigenvalue weighted by atomic mass is 15.3. The smallest absolute Gasteiger partial charge is 0.226 e. The molecule has 2 aromatic rings. The maximum absolute atomic E-state index is 4.82. The molecule has 3 heterocycles. The number of hydrogen-bond donors (Lipinski definition) is 1. The van der Waals surface area contributed by atoms with Gasteiger partial charge in [-0.05, 0) is 20.1 Å². The summed E-state index contributed by atoms with van der Waals surface area (Å²) in [5.41, 5.74) is 0.884. The summed E-state index contributed by atoms with van der Waals surface area (Å²) in [7, 11) is 4.10. The SMILES string of the molecule is CCN(CC)CCNc1nc(N2CCN(C)CC2)c2cnn(C)c2n1. The van der Waals surface area contributed by atoms with Gasteiger partial charge in [-0.1, -0.05) is 13.8 Å². The summed E-state index contributed by atoms with van der Waals surface area (Å²) in [4.78, 5) is 16.6. The van der Waals surface area contributed by atoms with Gasteiger partial charge in [0.2, 0.25) is 5.95 Å².